The van der Waals surface area contributed by atoms with Gasteiger partial charge in [0.05, 0.1) is 6.04 Å². The summed E-state index contributed by atoms with van der Waals surface area (Å²) in [5, 5.41) is 3.25. The maximum absolute atomic E-state index is 12.7. The summed E-state index contributed by atoms with van der Waals surface area (Å²) in [6.07, 6.45) is 1.85. The maximum atomic E-state index is 12.7. The van der Waals surface area contributed by atoms with E-state index in [0.29, 0.717) is 6.42 Å². The Labute approximate surface area is 157 Å². The van der Waals surface area contributed by atoms with E-state index in [2.05, 4.69) is 48.3 Å². The summed E-state index contributed by atoms with van der Waals surface area (Å²) in [5.41, 5.74) is 2.24. The molecule has 0 unspecified atom stereocenters. The molecule has 2 atom stereocenters. The van der Waals surface area contributed by atoms with Crippen molar-refractivity contribution >= 4 is 5.91 Å². The van der Waals surface area contributed by atoms with Crippen LogP contribution in [0.15, 0.2) is 60.7 Å². The van der Waals surface area contributed by atoms with Gasteiger partial charge < -0.3 is 10.2 Å². The van der Waals surface area contributed by atoms with Crippen molar-refractivity contribution < 1.29 is 4.79 Å². The Kier molecular flexibility index (Phi) is 6.45. The molecule has 3 nitrogen and oxygen atoms in total. The number of likely N-dealkylation sites (tertiary alicyclic amines) is 1. The van der Waals surface area contributed by atoms with Gasteiger partial charge in [0.15, 0.2) is 0 Å². The number of amides is 1. The second kappa shape index (κ2) is 9.00. The van der Waals surface area contributed by atoms with Crippen molar-refractivity contribution in [1.29, 1.82) is 0 Å². The molecule has 1 aliphatic rings. The SMILES string of the molecule is C[C@@H]1C[C@@H](C)CN(CCC(=O)NC(c2ccccc2)c2ccccc2)C1. The van der Waals surface area contributed by atoms with Crippen LogP contribution in [0.1, 0.15) is 43.9 Å². The van der Waals surface area contributed by atoms with E-state index in [1.54, 1.807) is 0 Å². The molecule has 0 aromatic heterocycles. The van der Waals surface area contributed by atoms with Crippen molar-refractivity contribution in [2.75, 3.05) is 19.6 Å². The van der Waals surface area contributed by atoms with Crippen LogP contribution in [-0.2, 0) is 4.79 Å². The lowest BCUT2D eigenvalue weighted by atomic mass is 9.92. The molecule has 0 spiro atoms. The molecule has 1 aliphatic heterocycles. The molecule has 0 saturated carbocycles. The summed E-state index contributed by atoms with van der Waals surface area (Å²) < 4.78 is 0. The second-order valence-corrected chi connectivity index (χ2v) is 7.78. The van der Waals surface area contributed by atoms with Gasteiger partial charge in [0.25, 0.3) is 0 Å². The van der Waals surface area contributed by atoms with Crippen LogP contribution in [0.4, 0.5) is 0 Å². The van der Waals surface area contributed by atoms with Crippen LogP contribution in [-0.4, -0.2) is 30.4 Å². The molecule has 3 heteroatoms. The number of benzene rings is 2. The molecular weight excluding hydrogens is 320 g/mol. The number of carbonyl (C=O) groups excluding carboxylic acids is 1. The third-order valence-electron chi connectivity index (χ3n) is 5.17. The zero-order valence-corrected chi connectivity index (χ0v) is 15.9. The van der Waals surface area contributed by atoms with Gasteiger partial charge >= 0.3 is 0 Å². The first-order valence-electron chi connectivity index (χ1n) is 9.73. The van der Waals surface area contributed by atoms with E-state index >= 15 is 0 Å². The van der Waals surface area contributed by atoms with Crippen molar-refractivity contribution in [2.45, 2.75) is 32.7 Å². The standard InChI is InChI=1S/C23H30N2O/c1-18-15-19(2)17-25(16-18)14-13-22(26)24-23(20-9-5-3-6-10-20)21-11-7-4-8-12-21/h3-12,18-19,23H,13-17H2,1-2H3,(H,24,26)/t18-,19-/m1/s1. The Morgan fingerprint density at radius 1 is 0.962 bits per heavy atom. The largest absolute Gasteiger partial charge is 0.345 e. The Morgan fingerprint density at radius 3 is 1.96 bits per heavy atom. The van der Waals surface area contributed by atoms with Crippen molar-refractivity contribution in [2.24, 2.45) is 11.8 Å². The summed E-state index contributed by atoms with van der Waals surface area (Å²) >= 11 is 0. The normalized spacial score (nSPS) is 20.9. The number of hydrogen-bond acceptors (Lipinski definition) is 2. The average molecular weight is 351 g/mol. The van der Waals surface area contributed by atoms with Crippen LogP contribution in [0.5, 0.6) is 0 Å². The highest BCUT2D eigenvalue weighted by Gasteiger charge is 2.22. The van der Waals surface area contributed by atoms with Gasteiger partial charge in [-0.25, -0.2) is 0 Å². The molecule has 138 valence electrons. The van der Waals surface area contributed by atoms with Crippen LogP contribution in [0.3, 0.4) is 0 Å². The van der Waals surface area contributed by atoms with Crippen LogP contribution >= 0.6 is 0 Å². The first-order valence-corrected chi connectivity index (χ1v) is 9.73. The van der Waals surface area contributed by atoms with Crippen molar-refractivity contribution in [3.05, 3.63) is 71.8 Å². The first-order chi connectivity index (χ1) is 12.6. The summed E-state index contributed by atoms with van der Waals surface area (Å²) in [7, 11) is 0. The fourth-order valence-electron chi connectivity index (χ4n) is 4.12. The fraction of sp³-hybridized carbons (Fsp3) is 0.435. The Balaban J connectivity index is 1.62. The topological polar surface area (TPSA) is 32.3 Å². The predicted molar refractivity (Wildman–Crippen MR) is 107 cm³/mol. The van der Waals surface area contributed by atoms with Gasteiger partial charge in [-0.15, -0.1) is 0 Å². The zero-order valence-electron chi connectivity index (χ0n) is 15.9. The minimum atomic E-state index is -0.0934. The molecule has 2 aromatic rings. The quantitative estimate of drug-likeness (QED) is 0.844. The first kappa shape index (κ1) is 18.7. The monoisotopic (exact) mass is 350 g/mol. The van der Waals surface area contributed by atoms with Gasteiger partial charge in [-0.2, -0.15) is 0 Å². The minimum Gasteiger partial charge on any atom is -0.345 e. The Hall–Kier alpha value is -2.13. The van der Waals surface area contributed by atoms with E-state index < -0.39 is 0 Å². The van der Waals surface area contributed by atoms with E-state index in [1.807, 2.05) is 36.4 Å². The van der Waals surface area contributed by atoms with E-state index in [1.165, 1.54) is 6.42 Å². The van der Waals surface area contributed by atoms with E-state index in [-0.39, 0.29) is 11.9 Å². The van der Waals surface area contributed by atoms with Crippen molar-refractivity contribution in [3.63, 3.8) is 0 Å². The number of carbonyl (C=O) groups is 1. The molecule has 1 N–H and O–H groups in total. The number of piperidine rings is 1. The molecule has 1 saturated heterocycles. The highest BCUT2D eigenvalue weighted by molar-refractivity contribution is 5.77. The zero-order chi connectivity index (χ0) is 18.4. The number of hydrogen-bond donors (Lipinski definition) is 1. The van der Waals surface area contributed by atoms with E-state index in [9.17, 15) is 4.79 Å². The lowest BCUT2D eigenvalue weighted by Crippen LogP contribution is -2.41. The highest BCUT2D eigenvalue weighted by Crippen LogP contribution is 2.23. The van der Waals surface area contributed by atoms with Gasteiger partial charge in [0.1, 0.15) is 0 Å². The van der Waals surface area contributed by atoms with Gasteiger partial charge in [-0.3, -0.25) is 4.79 Å². The molecule has 2 aromatic carbocycles. The molecule has 1 heterocycles. The summed E-state index contributed by atoms with van der Waals surface area (Å²) in [5.74, 6) is 1.57. The number of nitrogens with one attached hydrogen (secondary N) is 1. The molecule has 1 fully saturated rings. The average Bonchev–Trinajstić information content (AvgIpc) is 2.65. The molecular formula is C23H30N2O. The van der Waals surface area contributed by atoms with Crippen LogP contribution < -0.4 is 5.32 Å². The molecule has 3 rings (SSSR count). The van der Waals surface area contributed by atoms with Crippen molar-refractivity contribution in [1.82, 2.24) is 10.2 Å². The predicted octanol–water partition coefficient (Wildman–Crippen LogP) is 4.26. The Bertz CT molecular complexity index is 636. The second-order valence-electron chi connectivity index (χ2n) is 7.78. The summed E-state index contributed by atoms with van der Waals surface area (Å²) in [6.45, 7) is 7.68. The number of nitrogens with zero attached hydrogens (tertiary/aromatic N) is 1. The molecule has 0 radical (unpaired) electrons. The maximum Gasteiger partial charge on any atom is 0.222 e. The van der Waals surface area contributed by atoms with Gasteiger partial charge in [0, 0.05) is 26.1 Å². The number of rotatable bonds is 6. The minimum absolute atomic E-state index is 0.0934. The Morgan fingerprint density at radius 2 is 1.46 bits per heavy atom. The molecule has 0 bridgehead atoms. The fourth-order valence-corrected chi connectivity index (χ4v) is 4.12. The van der Waals surface area contributed by atoms with Gasteiger partial charge in [0.2, 0.25) is 5.91 Å². The lowest BCUT2D eigenvalue weighted by molar-refractivity contribution is -0.122. The molecule has 1 amide bonds. The third kappa shape index (κ3) is 5.18. The highest BCUT2D eigenvalue weighted by atomic mass is 16.1. The van der Waals surface area contributed by atoms with Crippen LogP contribution in [0.2, 0.25) is 0 Å². The van der Waals surface area contributed by atoms with Crippen LogP contribution in [0, 0.1) is 11.8 Å². The third-order valence-corrected chi connectivity index (χ3v) is 5.17. The summed E-state index contributed by atoms with van der Waals surface area (Å²) in [4.78, 5) is 15.1. The van der Waals surface area contributed by atoms with Gasteiger partial charge in [-0.1, -0.05) is 74.5 Å². The summed E-state index contributed by atoms with van der Waals surface area (Å²) in [6, 6.07) is 20.3. The molecule has 26 heavy (non-hydrogen) atoms. The van der Waals surface area contributed by atoms with E-state index in [4.69, 9.17) is 0 Å². The van der Waals surface area contributed by atoms with Gasteiger partial charge in [-0.05, 0) is 29.4 Å². The lowest BCUT2D eigenvalue weighted by Gasteiger charge is -2.34. The van der Waals surface area contributed by atoms with Crippen LogP contribution in [0.25, 0.3) is 0 Å². The molecule has 0 aliphatic carbocycles. The smallest absolute Gasteiger partial charge is 0.222 e. The van der Waals surface area contributed by atoms with Crippen molar-refractivity contribution in [3.8, 4) is 0 Å². The van der Waals surface area contributed by atoms with E-state index in [0.717, 1.165) is 42.6 Å².